The number of hydrogen-bond donors (Lipinski definition) is 2. The van der Waals surface area contributed by atoms with Crippen LogP contribution < -0.4 is 11.1 Å². The summed E-state index contributed by atoms with van der Waals surface area (Å²) in [6.07, 6.45) is 1.49. The summed E-state index contributed by atoms with van der Waals surface area (Å²) in [5, 5.41) is 2.78. The zero-order valence-electron chi connectivity index (χ0n) is 10.9. The van der Waals surface area contributed by atoms with Gasteiger partial charge in [0.2, 0.25) is 11.8 Å². The van der Waals surface area contributed by atoms with Crippen LogP contribution in [0.5, 0.6) is 0 Å². The molecule has 1 heterocycles. The Morgan fingerprint density at radius 1 is 1.59 bits per heavy atom. The summed E-state index contributed by atoms with van der Waals surface area (Å²) in [5.41, 5.74) is 5.94. The van der Waals surface area contributed by atoms with Gasteiger partial charge in [0.1, 0.15) is 6.04 Å². The van der Waals surface area contributed by atoms with Crippen molar-refractivity contribution in [3.8, 4) is 0 Å². The highest BCUT2D eigenvalue weighted by Gasteiger charge is 2.34. The van der Waals surface area contributed by atoms with Crippen molar-refractivity contribution in [1.82, 2.24) is 10.2 Å². The van der Waals surface area contributed by atoms with Crippen molar-refractivity contribution >= 4 is 11.8 Å². The van der Waals surface area contributed by atoms with Gasteiger partial charge in [-0.25, -0.2) is 0 Å². The van der Waals surface area contributed by atoms with Gasteiger partial charge in [0.05, 0.1) is 6.04 Å². The first kappa shape index (κ1) is 14.0. The van der Waals surface area contributed by atoms with E-state index in [1.807, 2.05) is 20.8 Å². The van der Waals surface area contributed by atoms with E-state index in [0.29, 0.717) is 19.5 Å². The zero-order valence-corrected chi connectivity index (χ0v) is 10.9. The molecule has 0 aliphatic carbocycles. The molecule has 5 nitrogen and oxygen atoms in total. The molecule has 0 aromatic carbocycles. The van der Waals surface area contributed by atoms with Crippen LogP contribution >= 0.6 is 0 Å². The molecule has 1 rings (SSSR count). The fraction of sp³-hybridized carbons (Fsp3) is 0.833. The lowest BCUT2D eigenvalue weighted by Crippen LogP contribution is -2.60. The van der Waals surface area contributed by atoms with E-state index >= 15 is 0 Å². The Kier molecular flexibility index (Phi) is 4.93. The van der Waals surface area contributed by atoms with Gasteiger partial charge in [-0.15, -0.1) is 0 Å². The Hall–Kier alpha value is -1.10. The van der Waals surface area contributed by atoms with Crippen molar-refractivity contribution in [3.05, 3.63) is 0 Å². The minimum atomic E-state index is -0.500. The standard InChI is InChI=1S/C12H23N3O2/c1-4-8(3)10(13)12(17)15-7-6-14-11(16)9(15)5-2/h8-10H,4-7,13H2,1-3H3,(H,14,16)/t8?,9?,10-/m0/s1. The lowest BCUT2D eigenvalue weighted by Gasteiger charge is -2.37. The second-order valence-electron chi connectivity index (χ2n) is 4.66. The van der Waals surface area contributed by atoms with Gasteiger partial charge < -0.3 is 16.0 Å². The molecule has 5 heteroatoms. The third-order valence-electron chi connectivity index (χ3n) is 3.54. The maximum absolute atomic E-state index is 12.2. The molecule has 1 saturated heterocycles. The number of nitrogens with one attached hydrogen (secondary N) is 1. The molecule has 0 bridgehead atoms. The van der Waals surface area contributed by atoms with E-state index in [1.54, 1.807) is 4.90 Å². The minimum absolute atomic E-state index is 0.0662. The van der Waals surface area contributed by atoms with Crippen molar-refractivity contribution in [2.45, 2.75) is 45.7 Å². The van der Waals surface area contributed by atoms with E-state index in [-0.39, 0.29) is 23.8 Å². The van der Waals surface area contributed by atoms with Gasteiger partial charge in [-0.05, 0) is 12.3 Å². The zero-order chi connectivity index (χ0) is 13.0. The molecule has 0 aromatic heterocycles. The number of piperazine rings is 1. The normalized spacial score (nSPS) is 24.1. The molecule has 0 aromatic rings. The van der Waals surface area contributed by atoms with Gasteiger partial charge in [0.25, 0.3) is 0 Å². The fourth-order valence-corrected chi connectivity index (χ4v) is 2.07. The number of amides is 2. The Balaban J connectivity index is 2.75. The number of rotatable bonds is 4. The summed E-state index contributed by atoms with van der Waals surface area (Å²) in [4.78, 5) is 25.5. The summed E-state index contributed by atoms with van der Waals surface area (Å²) in [5.74, 6) is -0.0190. The number of carbonyl (C=O) groups is 2. The highest BCUT2D eigenvalue weighted by atomic mass is 16.2. The van der Waals surface area contributed by atoms with Crippen LogP contribution in [0.4, 0.5) is 0 Å². The lowest BCUT2D eigenvalue weighted by molar-refractivity contribution is -0.145. The van der Waals surface area contributed by atoms with Crippen LogP contribution in [0, 0.1) is 5.92 Å². The van der Waals surface area contributed by atoms with Crippen LogP contribution in [0.3, 0.4) is 0 Å². The van der Waals surface area contributed by atoms with E-state index in [9.17, 15) is 9.59 Å². The third-order valence-corrected chi connectivity index (χ3v) is 3.54. The van der Waals surface area contributed by atoms with Crippen LogP contribution in [0.15, 0.2) is 0 Å². The SMILES string of the molecule is CCC(C)[C@H](N)C(=O)N1CCNC(=O)C1CC. The van der Waals surface area contributed by atoms with Crippen LogP contribution in [0.2, 0.25) is 0 Å². The molecule has 1 aliphatic rings. The maximum Gasteiger partial charge on any atom is 0.242 e. The lowest BCUT2D eigenvalue weighted by atomic mass is 9.97. The number of carbonyl (C=O) groups excluding carboxylic acids is 2. The number of hydrogen-bond acceptors (Lipinski definition) is 3. The van der Waals surface area contributed by atoms with E-state index < -0.39 is 6.04 Å². The summed E-state index contributed by atoms with van der Waals surface area (Å²) in [6, 6.07) is -0.855. The smallest absolute Gasteiger partial charge is 0.242 e. The molecule has 0 spiro atoms. The van der Waals surface area contributed by atoms with Crippen LogP contribution in [0.1, 0.15) is 33.6 Å². The topological polar surface area (TPSA) is 75.4 Å². The van der Waals surface area contributed by atoms with E-state index in [2.05, 4.69) is 5.32 Å². The van der Waals surface area contributed by atoms with Crippen molar-refractivity contribution in [2.24, 2.45) is 11.7 Å². The summed E-state index contributed by atoms with van der Waals surface area (Å²) in [7, 11) is 0. The second kappa shape index (κ2) is 6.00. The molecule has 1 aliphatic heterocycles. The van der Waals surface area contributed by atoms with Crippen LogP contribution in [-0.4, -0.2) is 41.9 Å². The highest BCUT2D eigenvalue weighted by molar-refractivity contribution is 5.90. The predicted octanol–water partition coefficient (Wildman–Crippen LogP) is 0.0968. The predicted molar refractivity (Wildman–Crippen MR) is 66.2 cm³/mol. The minimum Gasteiger partial charge on any atom is -0.353 e. The first-order valence-corrected chi connectivity index (χ1v) is 6.36. The fourth-order valence-electron chi connectivity index (χ4n) is 2.07. The average molecular weight is 241 g/mol. The summed E-state index contributed by atoms with van der Waals surface area (Å²) < 4.78 is 0. The molecule has 3 N–H and O–H groups in total. The second-order valence-corrected chi connectivity index (χ2v) is 4.66. The molecule has 98 valence electrons. The quantitative estimate of drug-likeness (QED) is 0.733. The van der Waals surface area contributed by atoms with Crippen LogP contribution in [-0.2, 0) is 9.59 Å². The van der Waals surface area contributed by atoms with Crippen LogP contribution in [0.25, 0.3) is 0 Å². The Bertz CT molecular complexity index is 293. The molecule has 0 saturated carbocycles. The first-order chi connectivity index (χ1) is 8.02. The Labute approximate surface area is 103 Å². The highest BCUT2D eigenvalue weighted by Crippen LogP contribution is 2.14. The van der Waals surface area contributed by atoms with Crippen molar-refractivity contribution in [1.29, 1.82) is 0 Å². The van der Waals surface area contributed by atoms with Crippen molar-refractivity contribution in [2.75, 3.05) is 13.1 Å². The summed E-state index contributed by atoms with van der Waals surface area (Å²) >= 11 is 0. The number of nitrogens with zero attached hydrogens (tertiary/aromatic N) is 1. The van der Waals surface area contributed by atoms with Crippen molar-refractivity contribution in [3.63, 3.8) is 0 Å². The molecule has 3 atom stereocenters. The van der Waals surface area contributed by atoms with Crippen molar-refractivity contribution < 1.29 is 9.59 Å². The van der Waals surface area contributed by atoms with Gasteiger partial charge in [-0.2, -0.15) is 0 Å². The first-order valence-electron chi connectivity index (χ1n) is 6.36. The molecular weight excluding hydrogens is 218 g/mol. The monoisotopic (exact) mass is 241 g/mol. The molecule has 2 amide bonds. The Morgan fingerprint density at radius 3 is 2.76 bits per heavy atom. The van der Waals surface area contributed by atoms with E-state index in [0.717, 1.165) is 6.42 Å². The Morgan fingerprint density at radius 2 is 2.24 bits per heavy atom. The molecule has 17 heavy (non-hydrogen) atoms. The third kappa shape index (κ3) is 2.97. The number of nitrogens with two attached hydrogens (primary N) is 1. The van der Waals surface area contributed by atoms with E-state index in [4.69, 9.17) is 5.73 Å². The largest absolute Gasteiger partial charge is 0.353 e. The van der Waals surface area contributed by atoms with Gasteiger partial charge in [0.15, 0.2) is 0 Å². The maximum atomic E-state index is 12.2. The van der Waals surface area contributed by atoms with Gasteiger partial charge in [0, 0.05) is 13.1 Å². The van der Waals surface area contributed by atoms with E-state index in [1.165, 1.54) is 0 Å². The molecule has 1 fully saturated rings. The summed E-state index contributed by atoms with van der Waals surface area (Å²) in [6.45, 7) is 6.97. The van der Waals surface area contributed by atoms with Gasteiger partial charge in [-0.3, -0.25) is 9.59 Å². The van der Waals surface area contributed by atoms with Gasteiger partial charge >= 0.3 is 0 Å². The molecule has 0 radical (unpaired) electrons. The van der Waals surface area contributed by atoms with Gasteiger partial charge in [-0.1, -0.05) is 27.2 Å². The average Bonchev–Trinajstić information content (AvgIpc) is 2.35. The molecular formula is C12H23N3O2. The molecule has 2 unspecified atom stereocenters.